The Morgan fingerprint density at radius 1 is 1.13 bits per heavy atom. The highest BCUT2D eigenvalue weighted by molar-refractivity contribution is 6.02. The number of hydrogen-bond acceptors (Lipinski definition) is 4. The fourth-order valence-electron chi connectivity index (χ4n) is 3.84. The number of fused-ring (bicyclic) bond motifs is 1. The van der Waals surface area contributed by atoms with Crippen LogP contribution in [0.4, 0.5) is 0 Å². The first-order valence-corrected chi connectivity index (χ1v) is 9.85. The number of methoxy groups -OCH3 is 1. The van der Waals surface area contributed by atoms with Gasteiger partial charge in [-0.2, -0.15) is 0 Å². The zero-order valence-electron chi connectivity index (χ0n) is 17.1. The smallest absolute Gasteiger partial charge is 0.255 e. The van der Waals surface area contributed by atoms with E-state index in [9.17, 15) is 9.59 Å². The number of rotatable bonds is 6. The minimum absolute atomic E-state index is 0.171. The predicted molar refractivity (Wildman–Crippen MR) is 112 cm³/mol. The van der Waals surface area contributed by atoms with Crippen molar-refractivity contribution in [1.29, 1.82) is 0 Å². The average molecular weight is 404 g/mol. The second kappa shape index (κ2) is 8.06. The molecule has 2 amide bonds. The van der Waals surface area contributed by atoms with Gasteiger partial charge in [0.15, 0.2) is 0 Å². The Hall–Kier alpha value is -3.54. The molecule has 4 rings (SSSR count). The number of hydrogen-bond donors (Lipinski definition) is 1. The van der Waals surface area contributed by atoms with Crippen LogP contribution in [0.1, 0.15) is 34.2 Å². The summed E-state index contributed by atoms with van der Waals surface area (Å²) in [5.74, 6) is 1.02. The first kappa shape index (κ1) is 19.8. The molecule has 1 aliphatic rings. The number of amides is 2. The summed E-state index contributed by atoms with van der Waals surface area (Å²) >= 11 is 0. The summed E-state index contributed by atoms with van der Waals surface area (Å²) in [6.07, 6.45) is 2.00. The molecule has 0 saturated heterocycles. The third-order valence-electron chi connectivity index (χ3n) is 5.62. The molecule has 1 atom stereocenters. The summed E-state index contributed by atoms with van der Waals surface area (Å²) in [6, 6.07) is 18.6. The van der Waals surface area contributed by atoms with Crippen molar-refractivity contribution >= 4 is 11.8 Å². The molecule has 0 radical (unpaired) electrons. The first-order chi connectivity index (χ1) is 14.5. The van der Waals surface area contributed by atoms with Gasteiger partial charge in [0.05, 0.1) is 19.9 Å². The van der Waals surface area contributed by atoms with E-state index in [1.807, 2.05) is 61.5 Å². The lowest BCUT2D eigenvalue weighted by Gasteiger charge is -2.43. The van der Waals surface area contributed by atoms with Crippen LogP contribution in [0.25, 0.3) is 0 Å². The van der Waals surface area contributed by atoms with Gasteiger partial charge in [-0.15, -0.1) is 0 Å². The monoisotopic (exact) mass is 404 g/mol. The van der Waals surface area contributed by atoms with Gasteiger partial charge in [0.25, 0.3) is 5.91 Å². The Labute approximate surface area is 175 Å². The van der Waals surface area contributed by atoms with Crippen LogP contribution in [0.3, 0.4) is 0 Å². The first-order valence-electron chi connectivity index (χ1n) is 9.85. The summed E-state index contributed by atoms with van der Waals surface area (Å²) in [6.45, 7) is 2.41. The van der Waals surface area contributed by atoms with Crippen LogP contribution < -0.4 is 10.1 Å². The van der Waals surface area contributed by atoms with E-state index in [4.69, 9.17) is 9.15 Å². The second-order valence-electron chi connectivity index (χ2n) is 7.61. The van der Waals surface area contributed by atoms with Crippen molar-refractivity contribution < 1.29 is 18.7 Å². The Bertz CT molecular complexity index is 1040. The zero-order valence-corrected chi connectivity index (χ0v) is 17.1. The number of ether oxygens (including phenoxy) is 1. The molecule has 1 aromatic heterocycles. The van der Waals surface area contributed by atoms with Gasteiger partial charge in [-0.1, -0.05) is 30.3 Å². The molecule has 3 aromatic rings. The Balaban J connectivity index is 1.59. The molecule has 0 saturated carbocycles. The van der Waals surface area contributed by atoms with Gasteiger partial charge in [-0.25, -0.2) is 0 Å². The zero-order chi connectivity index (χ0) is 21.1. The van der Waals surface area contributed by atoms with Crippen molar-refractivity contribution in [3.8, 4) is 5.75 Å². The maximum absolute atomic E-state index is 13.4. The van der Waals surface area contributed by atoms with E-state index in [0.717, 1.165) is 16.9 Å². The summed E-state index contributed by atoms with van der Waals surface area (Å²) in [7, 11) is 1.61. The number of nitrogens with zero attached hydrogens (tertiary/aromatic N) is 1. The van der Waals surface area contributed by atoms with Gasteiger partial charge in [0.2, 0.25) is 5.91 Å². The second-order valence-corrected chi connectivity index (χ2v) is 7.61. The number of carbonyl (C=O) groups is 2. The molecule has 0 bridgehead atoms. The van der Waals surface area contributed by atoms with E-state index in [-0.39, 0.29) is 18.4 Å². The average Bonchev–Trinajstić information content (AvgIpc) is 3.28. The van der Waals surface area contributed by atoms with Crippen LogP contribution in [0, 0.1) is 0 Å². The highest BCUT2D eigenvalue weighted by Crippen LogP contribution is 2.33. The molecule has 1 aliphatic heterocycles. The molecular weight excluding hydrogens is 380 g/mol. The Morgan fingerprint density at radius 3 is 2.60 bits per heavy atom. The van der Waals surface area contributed by atoms with E-state index in [0.29, 0.717) is 24.3 Å². The van der Waals surface area contributed by atoms with Crippen molar-refractivity contribution in [3.63, 3.8) is 0 Å². The van der Waals surface area contributed by atoms with Crippen LogP contribution in [0.2, 0.25) is 0 Å². The van der Waals surface area contributed by atoms with E-state index in [1.54, 1.807) is 24.3 Å². The Morgan fingerprint density at radius 2 is 1.90 bits per heavy atom. The van der Waals surface area contributed by atoms with Crippen LogP contribution in [-0.4, -0.2) is 29.4 Å². The van der Waals surface area contributed by atoms with Crippen molar-refractivity contribution in [1.82, 2.24) is 10.2 Å². The lowest BCUT2D eigenvalue weighted by molar-refractivity contribution is -0.132. The minimum Gasteiger partial charge on any atom is -0.497 e. The minimum atomic E-state index is -1.04. The standard InChI is InChI=1S/C24H24N2O4/c1-24(23(28)25-15-17-9-11-19(29-2)12-10-17)14-18-6-3-4-8-21(18)22(27)26(24)16-20-7-5-13-30-20/h3-13H,14-16H2,1-2H3,(H,25,28). The quantitative estimate of drug-likeness (QED) is 0.682. The summed E-state index contributed by atoms with van der Waals surface area (Å²) in [5.41, 5.74) is 1.42. The Kier molecular flexibility index (Phi) is 5.31. The van der Waals surface area contributed by atoms with Gasteiger partial charge in [-0.3, -0.25) is 9.59 Å². The molecule has 0 aliphatic carbocycles. The summed E-state index contributed by atoms with van der Waals surface area (Å²) < 4.78 is 10.6. The molecule has 154 valence electrons. The maximum atomic E-state index is 13.4. The maximum Gasteiger partial charge on any atom is 0.255 e. The van der Waals surface area contributed by atoms with Crippen molar-refractivity contribution in [2.24, 2.45) is 0 Å². The lowest BCUT2D eigenvalue weighted by Crippen LogP contribution is -2.62. The van der Waals surface area contributed by atoms with Gasteiger partial charge >= 0.3 is 0 Å². The van der Waals surface area contributed by atoms with Crippen molar-refractivity contribution in [2.75, 3.05) is 7.11 Å². The number of carbonyl (C=O) groups excluding carboxylic acids is 2. The van der Waals surface area contributed by atoms with Gasteiger partial charge in [0, 0.05) is 18.5 Å². The van der Waals surface area contributed by atoms with Crippen molar-refractivity contribution in [3.05, 3.63) is 89.4 Å². The van der Waals surface area contributed by atoms with E-state index >= 15 is 0 Å². The molecule has 6 nitrogen and oxygen atoms in total. The van der Waals surface area contributed by atoms with E-state index < -0.39 is 5.54 Å². The fourth-order valence-corrected chi connectivity index (χ4v) is 3.84. The molecule has 2 aromatic carbocycles. The molecule has 0 spiro atoms. The van der Waals surface area contributed by atoms with Crippen LogP contribution >= 0.6 is 0 Å². The third-order valence-corrected chi connectivity index (χ3v) is 5.62. The van der Waals surface area contributed by atoms with Gasteiger partial charge in [-0.05, 0) is 48.4 Å². The predicted octanol–water partition coefficient (Wildman–Crippen LogP) is 3.56. The van der Waals surface area contributed by atoms with Gasteiger partial charge in [0.1, 0.15) is 17.0 Å². The number of nitrogens with one attached hydrogen (secondary N) is 1. The highest BCUT2D eigenvalue weighted by Gasteiger charge is 2.46. The third kappa shape index (κ3) is 3.68. The number of benzene rings is 2. The molecular formula is C24H24N2O4. The SMILES string of the molecule is COc1ccc(CNC(=O)C2(C)Cc3ccccc3C(=O)N2Cc2ccco2)cc1. The molecule has 0 fully saturated rings. The van der Waals surface area contributed by atoms with E-state index in [1.165, 1.54) is 0 Å². The lowest BCUT2D eigenvalue weighted by atomic mass is 9.82. The molecule has 30 heavy (non-hydrogen) atoms. The van der Waals surface area contributed by atoms with E-state index in [2.05, 4.69) is 5.32 Å². The largest absolute Gasteiger partial charge is 0.497 e. The molecule has 6 heteroatoms. The van der Waals surface area contributed by atoms with Crippen LogP contribution in [-0.2, 0) is 24.3 Å². The molecule has 2 heterocycles. The topological polar surface area (TPSA) is 71.8 Å². The number of furan rings is 1. The van der Waals surface area contributed by atoms with Crippen molar-refractivity contribution in [2.45, 2.75) is 32.0 Å². The van der Waals surface area contributed by atoms with Crippen LogP contribution in [0.15, 0.2) is 71.3 Å². The highest BCUT2D eigenvalue weighted by atomic mass is 16.5. The normalized spacial score (nSPS) is 18.1. The molecule has 1 unspecified atom stereocenters. The molecule has 1 N–H and O–H groups in total. The van der Waals surface area contributed by atoms with Crippen LogP contribution in [0.5, 0.6) is 5.75 Å². The fraction of sp³-hybridized carbons (Fsp3) is 0.250. The summed E-state index contributed by atoms with van der Waals surface area (Å²) in [5, 5.41) is 3.00. The van der Waals surface area contributed by atoms with Gasteiger partial charge < -0.3 is 19.4 Å². The summed E-state index contributed by atoms with van der Waals surface area (Å²) in [4.78, 5) is 28.3.